The normalized spacial score (nSPS) is 10.8. The van der Waals surface area contributed by atoms with Crippen LogP contribution in [-0.4, -0.2) is 44.3 Å². The second kappa shape index (κ2) is 6.60. The number of rotatable bonds is 5. The Hall–Kier alpha value is -2.70. The van der Waals surface area contributed by atoms with Gasteiger partial charge in [-0.2, -0.15) is 5.10 Å². The number of hydrogen-bond donors (Lipinski definition) is 1. The zero-order valence-corrected chi connectivity index (χ0v) is 13.2. The molecule has 2 aromatic rings. The summed E-state index contributed by atoms with van der Waals surface area (Å²) in [5.41, 5.74) is 0.942. The number of hydrogen-bond acceptors (Lipinski definition) is 3. The molecule has 0 unspecified atom stereocenters. The van der Waals surface area contributed by atoms with Crippen LogP contribution in [0.5, 0.6) is 0 Å². The predicted octanol–water partition coefficient (Wildman–Crippen LogP) is 2.26. The second-order valence-electron chi connectivity index (χ2n) is 5.43. The van der Waals surface area contributed by atoms with Gasteiger partial charge >= 0.3 is 5.97 Å². The molecule has 2 rings (SSSR count). The molecule has 0 aliphatic rings. The summed E-state index contributed by atoms with van der Waals surface area (Å²) >= 11 is 0. The van der Waals surface area contributed by atoms with E-state index >= 15 is 0 Å². The minimum absolute atomic E-state index is 0.235. The van der Waals surface area contributed by atoms with Crippen molar-refractivity contribution in [2.24, 2.45) is 0 Å². The third kappa shape index (κ3) is 3.39. The lowest BCUT2D eigenvalue weighted by Crippen LogP contribution is -2.40. The number of nitrogens with zero attached hydrogens (tertiary/aromatic N) is 3. The van der Waals surface area contributed by atoms with Crippen molar-refractivity contribution in [3.8, 4) is 5.69 Å². The molecule has 0 fully saturated rings. The van der Waals surface area contributed by atoms with E-state index < -0.39 is 24.2 Å². The van der Waals surface area contributed by atoms with Gasteiger partial charge in [0, 0.05) is 6.04 Å². The molecule has 1 heterocycles. The highest BCUT2D eigenvalue weighted by Gasteiger charge is 2.25. The minimum atomic E-state index is -1.09. The molecule has 0 saturated carbocycles. The van der Waals surface area contributed by atoms with Crippen LogP contribution in [0.1, 0.15) is 29.9 Å². The largest absolute Gasteiger partial charge is 0.480 e. The van der Waals surface area contributed by atoms with Gasteiger partial charge in [-0.15, -0.1) is 0 Å². The van der Waals surface area contributed by atoms with Crippen molar-refractivity contribution in [3.63, 3.8) is 0 Å². The molecule has 0 bridgehead atoms. The summed E-state index contributed by atoms with van der Waals surface area (Å²) in [6, 6.07) is 5.82. The van der Waals surface area contributed by atoms with E-state index in [2.05, 4.69) is 5.10 Å². The molecule has 0 radical (unpaired) electrons. The van der Waals surface area contributed by atoms with Gasteiger partial charge in [0.15, 0.2) is 0 Å². The van der Waals surface area contributed by atoms with E-state index in [4.69, 9.17) is 5.11 Å². The van der Waals surface area contributed by atoms with E-state index in [1.807, 2.05) is 0 Å². The monoisotopic (exact) mass is 319 g/mol. The molecular formula is C16H18FN3O3. The van der Waals surface area contributed by atoms with Crippen LogP contribution < -0.4 is 0 Å². The molecule has 1 aromatic heterocycles. The molecule has 23 heavy (non-hydrogen) atoms. The summed E-state index contributed by atoms with van der Waals surface area (Å²) in [7, 11) is 0. The highest BCUT2D eigenvalue weighted by Crippen LogP contribution is 2.19. The highest BCUT2D eigenvalue weighted by molar-refractivity contribution is 5.97. The summed E-state index contributed by atoms with van der Waals surface area (Å²) in [4.78, 5) is 24.8. The van der Waals surface area contributed by atoms with Crippen LogP contribution in [0.25, 0.3) is 5.69 Å². The van der Waals surface area contributed by atoms with Crippen LogP contribution in [0.2, 0.25) is 0 Å². The third-order valence-corrected chi connectivity index (χ3v) is 3.51. The lowest BCUT2D eigenvalue weighted by Gasteiger charge is -2.24. The number of benzene rings is 1. The van der Waals surface area contributed by atoms with Crippen LogP contribution in [0.4, 0.5) is 4.39 Å². The maximum absolute atomic E-state index is 13.9. The van der Waals surface area contributed by atoms with E-state index in [1.54, 1.807) is 39.0 Å². The van der Waals surface area contributed by atoms with Crippen molar-refractivity contribution < 1.29 is 19.1 Å². The molecule has 0 spiro atoms. The first-order chi connectivity index (χ1) is 10.8. The van der Waals surface area contributed by atoms with Crippen LogP contribution in [0, 0.1) is 12.7 Å². The van der Waals surface area contributed by atoms with Gasteiger partial charge in [0.1, 0.15) is 18.0 Å². The number of carboxylic acids is 1. The number of carboxylic acid groups (broad SMARTS) is 1. The van der Waals surface area contributed by atoms with Gasteiger partial charge in [-0.05, 0) is 32.9 Å². The standard InChI is InChI=1S/C16H18FN3O3/c1-10(2)19(9-15(21)22)16(23)12-8-18-20(11(12)3)14-7-5-4-6-13(14)17/h4-8,10H,9H2,1-3H3,(H,21,22). The Morgan fingerprint density at radius 1 is 1.35 bits per heavy atom. The van der Waals surface area contributed by atoms with Crippen molar-refractivity contribution >= 4 is 11.9 Å². The molecule has 122 valence electrons. The lowest BCUT2D eigenvalue weighted by atomic mass is 10.2. The number of carbonyl (C=O) groups is 2. The molecule has 1 aromatic carbocycles. The number of aliphatic carboxylic acids is 1. The number of para-hydroxylation sites is 1. The molecule has 6 nitrogen and oxygen atoms in total. The van der Waals surface area contributed by atoms with E-state index in [1.165, 1.54) is 21.8 Å². The van der Waals surface area contributed by atoms with Crippen LogP contribution in [-0.2, 0) is 4.79 Å². The third-order valence-electron chi connectivity index (χ3n) is 3.51. The lowest BCUT2D eigenvalue weighted by molar-refractivity contribution is -0.138. The molecule has 7 heteroatoms. The highest BCUT2D eigenvalue weighted by atomic mass is 19.1. The zero-order valence-electron chi connectivity index (χ0n) is 13.2. The van der Waals surface area contributed by atoms with Crippen LogP contribution >= 0.6 is 0 Å². The SMILES string of the molecule is Cc1c(C(=O)N(CC(=O)O)C(C)C)cnn1-c1ccccc1F. The first-order valence-electron chi connectivity index (χ1n) is 7.15. The van der Waals surface area contributed by atoms with Gasteiger partial charge in [-0.1, -0.05) is 12.1 Å². The zero-order chi connectivity index (χ0) is 17.1. The van der Waals surface area contributed by atoms with Crippen LogP contribution in [0.3, 0.4) is 0 Å². The van der Waals surface area contributed by atoms with E-state index in [-0.39, 0.29) is 17.3 Å². The Labute approximate surface area is 133 Å². The molecule has 0 atom stereocenters. The fourth-order valence-electron chi connectivity index (χ4n) is 2.28. The molecule has 0 aliphatic carbocycles. The first kappa shape index (κ1) is 16.7. The van der Waals surface area contributed by atoms with E-state index in [0.29, 0.717) is 5.69 Å². The van der Waals surface area contributed by atoms with Gasteiger partial charge in [-0.3, -0.25) is 9.59 Å². The predicted molar refractivity (Wildman–Crippen MR) is 82.1 cm³/mol. The Bertz CT molecular complexity index is 740. The van der Waals surface area contributed by atoms with Gasteiger partial charge in [0.25, 0.3) is 5.91 Å². The minimum Gasteiger partial charge on any atom is -0.480 e. The summed E-state index contributed by atoms with van der Waals surface area (Å²) in [6.07, 6.45) is 1.33. The molecular weight excluding hydrogens is 301 g/mol. The molecule has 0 aliphatic heterocycles. The maximum Gasteiger partial charge on any atom is 0.323 e. The Kier molecular flexibility index (Phi) is 4.78. The fraction of sp³-hybridized carbons (Fsp3) is 0.312. The Morgan fingerprint density at radius 3 is 2.57 bits per heavy atom. The Balaban J connectivity index is 2.40. The smallest absolute Gasteiger partial charge is 0.323 e. The van der Waals surface area contributed by atoms with Crippen molar-refractivity contribution in [3.05, 3.63) is 47.5 Å². The first-order valence-corrected chi connectivity index (χ1v) is 7.15. The van der Waals surface area contributed by atoms with Gasteiger partial charge in [0.2, 0.25) is 0 Å². The summed E-state index contributed by atoms with van der Waals surface area (Å²) in [5, 5.41) is 13.0. The van der Waals surface area contributed by atoms with Gasteiger partial charge < -0.3 is 10.0 Å². The number of aromatic nitrogens is 2. The van der Waals surface area contributed by atoms with Crippen molar-refractivity contribution in [1.29, 1.82) is 0 Å². The number of halogens is 1. The topological polar surface area (TPSA) is 75.4 Å². The number of carbonyl (C=O) groups excluding carboxylic acids is 1. The molecule has 1 N–H and O–H groups in total. The second-order valence-corrected chi connectivity index (χ2v) is 5.43. The Morgan fingerprint density at radius 2 is 2.00 bits per heavy atom. The van der Waals surface area contributed by atoms with E-state index in [0.717, 1.165) is 0 Å². The van der Waals surface area contributed by atoms with Crippen LogP contribution in [0.15, 0.2) is 30.5 Å². The van der Waals surface area contributed by atoms with Crippen molar-refractivity contribution in [2.45, 2.75) is 26.8 Å². The average Bonchev–Trinajstić information content (AvgIpc) is 2.86. The van der Waals surface area contributed by atoms with Crippen molar-refractivity contribution in [2.75, 3.05) is 6.54 Å². The fourth-order valence-corrected chi connectivity index (χ4v) is 2.28. The number of amides is 1. The van der Waals surface area contributed by atoms with E-state index in [9.17, 15) is 14.0 Å². The summed E-state index contributed by atoms with van der Waals surface area (Å²) in [6.45, 7) is 4.71. The van der Waals surface area contributed by atoms with Gasteiger partial charge in [0.05, 0.1) is 17.5 Å². The molecule has 0 saturated heterocycles. The summed E-state index contributed by atoms with van der Waals surface area (Å²) in [5.74, 6) is -1.99. The summed E-state index contributed by atoms with van der Waals surface area (Å²) < 4.78 is 15.2. The molecule has 1 amide bonds. The maximum atomic E-state index is 13.9. The quantitative estimate of drug-likeness (QED) is 0.917. The van der Waals surface area contributed by atoms with Crippen molar-refractivity contribution in [1.82, 2.24) is 14.7 Å². The average molecular weight is 319 g/mol. The van der Waals surface area contributed by atoms with Gasteiger partial charge in [-0.25, -0.2) is 9.07 Å².